The van der Waals surface area contributed by atoms with E-state index >= 15 is 0 Å². The summed E-state index contributed by atoms with van der Waals surface area (Å²) in [5, 5.41) is 9.95. The summed E-state index contributed by atoms with van der Waals surface area (Å²) >= 11 is 0. The molecule has 4 nitrogen and oxygen atoms in total. The molecule has 0 spiro atoms. The average Bonchev–Trinajstić information content (AvgIpc) is 2.05. The quantitative estimate of drug-likeness (QED) is 0.602. The van der Waals surface area contributed by atoms with Gasteiger partial charge in [0.2, 0.25) is 0 Å². The molecule has 0 aromatic rings. The zero-order valence-corrected chi connectivity index (χ0v) is 8.32. The van der Waals surface area contributed by atoms with Gasteiger partial charge in [0.1, 0.15) is 6.10 Å². The standard InChI is InChI=1S/C9H19NO3/c1-12-8(13-2)7(11)9(6-10)4-3-5-9/h7-8,11H,3-6,10H2,1-2H3. The Balaban J connectivity index is 2.57. The monoisotopic (exact) mass is 189 g/mol. The lowest BCUT2D eigenvalue weighted by Crippen LogP contribution is -2.53. The van der Waals surface area contributed by atoms with E-state index in [0.29, 0.717) is 6.54 Å². The van der Waals surface area contributed by atoms with Crippen molar-refractivity contribution < 1.29 is 14.6 Å². The maximum absolute atomic E-state index is 9.95. The van der Waals surface area contributed by atoms with Crippen molar-refractivity contribution in [3.8, 4) is 0 Å². The number of ether oxygens (including phenoxy) is 2. The van der Waals surface area contributed by atoms with Crippen LogP contribution in [0.5, 0.6) is 0 Å². The van der Waals surface area contributed by atoms with Crippen LogP contribution in [0.2, 0.25) is 0 Å². The fourth-order valence-electron chi connectivity index (χ4n) is 1.89. The van der Waals surface area contributed by atoms with Crippen molar-refractivity contribution in [2.75, 3.05) is 20.8 Å². The van der Waals surface area contributed by atoms with Crippen LogP contribution in [0.15, 0.2) is 0 Å². The van der Waals surface area contributed by atoms with Gasteiger partial charge in [0.05, 0.1) is 0 Å². The molecule has 1 fully saturated rings. The van der Waals surface area contributed by atoms with Crippen LogP contribution >= 0.6 is 0 Å². The largest absolute Gasteiger partial charge is 0.387 e. The third kappa shape index (κ3) is 1.86. The molecule has 4 heteroatoms. The number of hydrogen-bond donors (Lipinski definition) is 2. The Bertz CT molecular complexity index is 149. The van der Waals surface area contributed by atoms with Gasteiger partial charge in [-0.1, -0.05) is 6.42 Å². The third-order valence-electron chi connectivity index (χ3n) is 3.11. The molecule has 1 atom stereocenters. The SMILES string of the molecule is COC(OC)C(O)C1(CN)CCC1. The first-order valence-electron chi connectivity index (χ1n) is 4.64. The first kappa shape index (κ1) is 10.9. The molecule has 1 aliphatic carbocycles. The van der Waals surface area contributed by atoms with Crippen LogP contribution in [0.3, 0.4) is 0 Å². The highest BCUT2D eigenvalue weighted by Gasteiger charge is 2.46. The van der Waals surface area contributed by atoms with E-state index in [1.54, 1.807) is 0 Å². The van der Waals surface area contributed by atoms with Crippen molar-refractivity contribution in [2.24, 2.45) is 11.1 Å². The van der Waals surface area contributed by atoms with E-state index < -0.39 is 12.4 Å². The molecule has 0 heterocycles. The van der Waals surface area contributed by atoms with Gasteiger partial charge >= 0.3 is 0 Å². The average molecular weight is 189 g/mol. The summed E-state index contributed by atoms with van der Waals surface area (Å²) in [6.07, 6.45) is 1.90. The molecule has 0 amide bonds. The van der Waals surface area contributed by atoms with Crippen molar-refractivity contribution in [2.45, 2.75) is 31.7 Å². The van der Waals surface area contributed by atoms with Crippen LogP contribution in [-0.4, -0.2) is 38.3 Å². The molecule has 0 aromatic carbocycles. The molecule has 1 rings (SSSR count). The van der Waals surface area contributed by atoms with Crippen molar-refractivity contribution in [1.82, 2.24) is 0 Å². The zero-order chi connectivity index (χ0) is 9.90. The predicted octanol–water partition coefficient (Wildman–Crippen LogP) is 0.0952. The zero-order valence-electron chi connectivity index (χ0n) is 8.32. The van der Waals surface area contributed by atoms with E-state index in [9.17, 15) is 5.11 Å². The number of hydrogen-bond acceptors (Lipinski definition) is 4. The maximum atomic E-state index is 9.95. The molecule has 78 valence electrons. The van der Waals surface area contributed by atoms with Crippen molar-refractivity contribution in [1.29, 1.82) is 0 Å². The molecule has 1 aliphatic rings. The molecule has 0 aliphatic heterocycles. The fourth-order valence-corrected chi connectivity index (χ4v) is 1.89. The van der Waals surface area contributed by atoms with E-state index in [2.05, 4.69) is 0 Å². The molecule has 1 saturated carbocycles. The van der Waals surface area contributed by atoms with Crippen molar-refractivity contribution in [3.63, 3.8) is 0 Å². The lowest BCUT2D eigenvalue weighted by Gasteiger charge is -2.46. The fraction of sp³-hybridized carbons (Fsp3) is 1.00. The highest BCUT2D eigenvalue weighted by Crippen LogP contribution is 2.44. The minimum atomic E-state index is -0.610. The highest BCUT2D eigenvalue weighted by molar-refractivity contribution is 4.95. The summed E-state index contributed by atoms with van der Waals surface area (Å²) in [6.45, 7) is 0.497. The molecule has 13 heavy (non-hydrogen) atoms. The molecule has 0 saturated heterocycles. The van der Waals surface area contributed by atoms with E-state index in [0.717, 1.165) is 19.3 Å². The van der Waals surface area contributed by atoms with Gasteiger partial charge < -0.3 is 20.3 Å². The summed E-state index contributed by atoms with van der Waals surface area (Å²) in [7, 11) is 3.06. The maximum Gasteiger partial charge on any atom is 0.183 e. The molecule has 0 radical (unpaired) electrons. The minimum Gasteiger partial charge on any atom is -0.387 e. The topological polar surface area (TPSA) is 64.7 Å². The Hall–Kier alpha value is -0.160. The Morgan fingerprint density at radius 1 is 1.38 bits per heavy atom. The van der Waals surface area contributed by atoms with E-state index in [-0.39, 0.29) is 5.41 Å². The number of rotatable bonds is 5. The highest BCUT2D eigenvalue weighted by atomic mass is 16.7. The first-order valence-corrected chi connectivity index (χ1v) is 4.64. The molecule has 0 bridgehead atoms. The predicted molar refractivity (Wildman–Crippen MR) is 49.2 cm³/mol. The van der Waals surface area contributed by atoms with Crippen molar-refractivity contribution >= 4 is 0 Å². The van der Waals surface area contributed by atoms with Crippen LogP contribution in [-0.2, 0) is 9.47 Å². The van der Waals surface area contributed by atoms with E-state index in [1.165, 1.54) is 14.2 Å². The van der Waals surface area contributed by atoms with Gasteiger partial charge in [-0.25, -0.2) is 0 Å². The summed E-state index contributed by atoms with van der Waals surface area (Å²) < 4.78 is 10.0. The molecule has 1 unspecified atom stereocenters. The van der Waals surface area contributed by atoms with Gasteiger partial charge in [-0.05, 0) is 12.8 Å². The second-order valence-electron chi connectivity index (χ2n) is 3.70. The van der Waals surface area contributed by atoms with Gasteiger partial charge in [-0.2, -0.15) is 0 Å². The molecular weight excluding hydrogens is 170 g/mol. The van der Waals surface area contributed by atoms with Crippen LogP contribution in [0, 0.1) is 5.41 Å². The Morgan fingerprint density at radius 3 is 2.15 bits per heavy atom. The van der Waals surface area contributed by atoms with E-state index in [4.69, 9.17) is 15.2 Å². The second-order valence-corrected chi connectivity index (χ2v) is 3.70. The number of aliphatic hydroxyl groups excluding tert-OH is 1. The van der Waals surface area contributed by atoms with Gasteiger partial charge in [0.15, 0.2) is 6.29 Å². The van der Waals surface area contributed by atoms with Gasteiger partial charge in [-0.15, -0.1) is 0 Å². The Labute approximate surface area is 79.0 Å². The minimum absolute atomic E-state index is 0.170. The number of aliphatic hydroxyl groups is 1. The van der Waals surface area contributed by atoms with Gasteiger partial charge in [-0.3, -0.25) is 0 Å². The molecular formula is C9H19NO3. The van der Waals surface area contributed by atoms with Gasteiger partial charge in [0, 0.05) is 26.2 Å². The normalized spacial score (nSPS) is 22.8. The summed E-state index contributed by atoms with van der Waals surface area (Å²) in [4.78, 5) is 0. The number of methoxy groups -OCH3 is 2. The van der Waals surface area contributed by atoms with Crippen molar-refractivity contribution in [3.05, 3.63) is 0 Å². The Kier molecular flexibility index (Phi) is 3.67. The molecule has 0 aromatic heterocycles. The summed E-state index contributed by atoms with van der Waals surface area (Å²) in [6, 6.07) is 0. The Morgan fingerprint density at radius 2 is 1.92 bits per heavy atom. The third-order valence-corrected chi connectivity index (χ3v) is 3.11. The second kappa shape index (κ2) is 4.37. The van der Waals surface area contributed by atoms with Gasteiger partial charge in [0.25, 0.3) is 0 Å². The van der Waals surface area contributed by atoms with Crippen LogP contribution in [0.25, 0.3) is 0 Å². The summed E-state index contributed by atoms with van der Waals surface area (Å²) in [5.41, 5.74) is 5.48. The number of nitrogens with two attached hydrogens (primary N) is 1. The molecule has 3 N–H and O–H groups in total. The van der Waals surface area contributed by atoms with Crippen LogP contribution in [0.4, 0.5) is 0 Å². The van der Waals surface area contributed by atoms with Crippen LogP contribution in [0.1, 0.15) is 19.3 Å². The first-order chi connectivity index (χ1) is 6.20. The lowest BCUT2D eigenvalue weighted by molar-refractivity contribution is -0.210. The summed E-state index contributed by atoms with van der Waals surface area (Å²) in [5.74, 6) is 0. The van der Waals surface area contributed by atoms with Crippen LogP contribution < -0.4 is 5.73 Å². The lowest BCUT2D eigenvalue weighted by atomic mass is 9.65. The smallest absolute Gasteiger partial charge is 0.183 e. The van der Waals surface area contributed by atoms with E-state index in [1.807, 2.05) is 0 Å².